The van der Waals surface area contributed by atoms with E-state index in [0.717, 1.165) is 5.56 Å². The van der Waals surface area contributed by atoms with Crippen LogP contribution in [0.15, 0.2) is 43.0 Å². The van der Waals surface area contributed by atoms with E-state index in [9.17, 15) is 5.11 Å². The lowest BCUT2D eigenvalue weighted by Gasteiger charge is -2.20. The van der Waals surface area contributed by atoms with Gasteiger partial charge in [0.1, 0.15) is 6.10 Å². The van der Waals surface area contributed by atoms with Crippen LogP contribution in [0.4, 0.5) is 0 Å². The maximum atomic E-state index is 10.2. The maximum Gasteiger partial charge on any atom is 0.157 e. The van der Waals surface area contributed by atoms with E-state index in [1.54, 1.807) is 30.9 Å². The summed E-state index contributed by atoms with van der Waals surface area (Å²) in [6, 6.07) is 5.38. The Bertz CT molecular complexity index is 449. The van der Waals surface area contributed by atoms with Gasteiger partial charge in [-0.2, -0.15) is 0 Å². The van der Waals surface area contributed by atoms with Gasteiger partial charge in [0.15, 0.2) is 5.82 Å². The molecule has 3 N–H and O–H groups in total. The minimum Gasteiger partial charge on any atom is -0.384 e. The van der Waals surface area contributed by atoms with Crippen LogP contribution in [0.1, 0.15) is 23.4 Å². The number of aliphatic hydroxyl groups is 1. The fourth-order valence-corrected chi connectivity index (χ4v) is 1.70. The minimum atomic E-state index is -0.802. The summed E-state index contributed by atoms with van der Waals surface area (Å²) < 4.78 is 0. The highest BCUT2D eigenvalue weighted by Gasteiger charge is 2.23. The van der Waals surface area contributed by atoms with Gasteiger partial charge in [-0.15, -0.1) is 0 Å². The van der Waals surface area contributed by atoms with Crippen molar-refractivity contribution in [1.82, 2.24) is 15.0 Å². The molecule has 0 aliphatic rings. The van der Waals surface area contributed by atoms with Gasteiger partial charge in [0, 0.05) is 37.3 Å². The van der Waals surface area contributed by atoms with Gasteiger partial charge < -0.3 is 10.8 Å². The molecule has 0 saturated carbocycles. The van der Waals surface area contributed by atoms with E-state index in [1.807, 2.05) is 12.1 Å². The van der Waals surface area contributed by atoms with Crippen molar-refractivity contribution in [2.45, 2.75) is 12.0 Å². The largest absolute Gasteiger partial charge is 0.384 e. The van der Waals surface area contributed by atoms with Crippen LogP contribution < -0.4 is 5.73 Å². The van der Waals surface area contributed by atoms with E-state index in [-0.39, 0.29) is 5.92 Å². The Morgan fingerprint density at radius 1 is 1.12 bits per heavy atom. The Hall–Kier alpha value is -1.85. The zero-order valence-corrected chi connectivity index (χ0v) is 9.27. The van der Waals surface area contributed by atoms with Crippen molar-refractivity contribution in [3.05, 3.63) is 54.4 Å². The van der Waals surface area contributed by atoms with Crippen molar-refractivity contribution in [3.8, 4) is 0 Å². The molecule has 0 aromatic carbocycles. The van der Waals surface area contributed by atoms with Gasteiger partial charge in [0.25, 0.3) is 0 Å². The number of hydrogen-bond acceptors (Lipinski definition) is 5. The number of hydrogen-bond donors (Lipinski definition) is 2. The summed E-state index contributed by atoms with van der Waals surface area (Å²) in [6.45, 7) is 0.323. The summed E-state index contributed by atoms with van der Waals surface area (Å²) in [5.74, 6) is 0.167. The molecule has 2 unspecified atom stereocenters. The Morgan fingerprint density at radius 3 is 2.35 bits per heavy atom. The maximum absolute atomic E-state index is 10.2. The molecule has 88 valence electrons. The lowest BCUT2D eigenvalue weighted by atomic mass is 9.94. The molecule has 0 radical (unpaired) electrons. The third kappa shape index (κ3) is 2.64. The van der Waals surface area contributed by atoms with Gasteiger partial charge in [-0.05, 0) is 23.8 Å². The lowest BCUT2D eigenvalue weighted by Crippen LogP contribution is -2.21. The summed E-state index contributed by atoms with van der Waals surface area (Å²) in [4.78, 5) is 12.0. The van der Waals surface area contributed by atoms with Gasteiger partial charge in [0.2, 0.25) is 0 Å². The Labute approximate surface area is 99.4 Å². The number of nitrogens with two attached hydrogens (primary N) is 1. The first kappa shape index (κ1) is 11.6. The number of aliphatic hydroxyl groups excluding tert-OH is 1. The van der Waals surface area contributed by atoms with Crippen LogP contribution in [0.2, 0.25) is 0 Å². The second-order valence-electron chi connectivity index (χ2n) is 3.67. The van der Waals surface area contributed by atoms with Crippen LogP contribution in [0, 0.1) is 0 Å². The fraction of sp³-hybridized carbons (Fsp3) is 0.250. The SMILES string of the molecule is NCC(c1ccncc1)C(O)c1ncccn1. The first-order valence-electron chi connectivity index (χ1n) is 5.38. The van der Waals surface area contributed by atoms with Crippen LogP contribution in [0.5, 0.6) is 0 Å². The monoisotopic (exact) mass is 230 g/mol. The summed E-state index contributed by atoms with van der Waals surface area (Å²) in [5, 5.41) is 10.2. The molecule has 17 heavy (non-hydrogen) atoms. The molecule has 0 fully saturated rings. The van der Waals surface area contributed by atoms with E-state index < -0.39 is 6.10 Å². The number of pyridine rings is 1. The van der Waals surface area contributed by atoms with E-state index in [4.69, 9.17) is 5.73 Å². The molecule has 0 spiro atoms. The molecule has 0 amide bonds. The van der Waals surface area contributed by atoms with Gasteiger partial charge in [0.05, 0.1) is 0 Å². The molecule has 2 heterocycles. The predicted molar refractivity (Wildman–Crippen MR) is 63.0 cm³/mol. The number of rotatable bonds is 4. The molecule has 0 saturated heterocycles. The van der Waals surface area contributed by atoms with E-state index >= 15 is 0 Å². The molecular formula is C12H14N4O. The highest BCUT2D eigenvalue weighted by atomic mass is 16.3. The third-order valence-corrected chi connectivity index (χ3v) is 2.62. The van der Waals surface area contributed by atoms with Crippen molar-refractivity contribution in [1.29, 1.82) is 0 Å². The first-order chi connectivity index (χ1) is 8.33. The third-order valence-electron chi connectivity index (χ3n) is 2.62. The topological polar surface area (TPSA) is 84.9 Å². The first-order valence-corrected chi connectivity index (χ1v) is 5.38. The summed E-state index contributed by atoms with van der Waals surface area (Å²) >= 11 is 0. The van der Waals surface area contributed by atoms with Crippen molar-refractivity contribution in [2.24, 2.45) is 5.73 Å². The van der Waals surface area contributed by atoms with Gasteiger partial charge in [-0.3, -0.25) is 4.98 Å². The van der Waals surface area contributed by atoms with Crippen molar-refractivity contribution < 1.29 is 5.11 Å². The van der Waals surface area contributed by atoms with E-state index in [2.05, 4.69) is 15.0 Å². The van der Waals surface area contributed by atoms with Crippen LogP contribution in [-0.4, -0.2) is 26.6 Å². The van der Waals surface area contributed by atoms with Crippen LogP contribution in [0.3, 0.4) is 0 Å². The van der Waals surface area contributed by atoms with Crippen LogP contribution in [-0.2, 0) is 0 Å². The van der Waals surface area contributed by atoms with Crippen molar-refractivity contribution in [2.75, 3.05) is 6.54 Å². The summed E-state index contributed by atoms with van der Waals surface area (Å²) in [6.07, 6.45) is 5.76. The second-order valence-corrected chi connectivity index (χ2v) is 3.67. The molecular weight excluding hydrogens is 216 g/mol. The van der Waals surface area contributed by atoms with Gasteiger partial charge in [-0.1, -0.05) is 0 Å². The normalized spacial score (nSPS) is 14.2. The Kier molecular flexibility index (Phi) is 3.74. The van der Waals surface area contributed by atoms with Crippen LogP contribution >= 0.6 is 0 Å². The lowest BCUT2D eigenvalue weighted by molar-refractivity contribution is 0.138. The smallest absolute Gasteiger partial charge is 0.157 e. The van der Waals surface area contributed by atoms with Gasteiger partial charge >= 0.3 is 0 Å². The predicted octanol–water partition coefficient (Wildman–Crippen LogP) is 0.647. The standard InChI is InChI=1S/C12H14N4O/c13-8-10(9-2-6-14-7-3-9)11(17)12-15-4-1-5-16-12/h1-7,10-11,17H,8,13H2. The van der Waals surface area contributed by atoms with Crippen LogP contribution in [0.25, 0.3) is 0 Å². The molecule has 0 aliphatic carbocycles. The Balaban J connectivity index is 2.25. The minimum absolute atomic E-state index is 0.222. The molecule has 0 aliphatic heterocycles. The molecule has 2 rings (SSSR count). The van der Waals surface area contributed by atoms with E-state index in [1.165, 1.54) is 0 Å². The Morgan fingerprint density at radius 2 is 1.76 bits per heavy atom. The molecule has 0 bridgehead atoms. The number of aromatic nitrogens is 3. The average Bonchev–Trinajstić information content (AvgIpc) is 2.42. The molecule has 2 atom stereocenters. The van der Waals surface area contributed by atoms with Crippen molar-refractivity contribution >= 4 is 0 Å². The quantitative estimate of drug-likeness (QED) is 0.805. The molecule has 2 aromatic heterocycles. The zero-order chi connectivity index (χ0) is 12.1. The summed E-state index contributed by atoms with van der Waals surface area (Å²) in [5.41, 5.74) is 6.64. The molecule has 5 heteroatoms. The molecule has 2 aromatic rings. The van der Waals surface area contributed by atoms with E-state index in [0.29, 0.717) is 12.4 Å². The zero-order valence-electron chi connectivity index (χ0n) is 9.27. The molecule has 5 nitrogen and oxygen atoms in total. The van der Waals surface area contributed by atoms with Gasteiger partial charge in [-0.25, -0.2) is 9.97 Å². The average molecular weight is 230 g/mol. The number of nitrogens with zero attached hydrogens (tertiary/aromatic N) is 3. The highest BCUT2D eigenvalue weighted by molar-refractivity contribution is 5.19. The highest BCUT2D eigenvalue weighted by Crippen LogP contribution is 2.27. The van der Waals surface area contributed by atoms with Crippen molar-refractivity contribution in [3.63, 3.8) is 0 Å². The summed E-state index contributed by atoms with van der Waals surface area (Å²) in [7, 11) is 0. The second kappa shape index (κ2) is 5.47. The fourth-order valence-electron chi connectivity index (χ4n) is 1.70.